The molecule has 0 bridgehead atoms. The van der Waals surface area contributed by atoms with Crippen molar-refractivity contribution in [3.8, 4) is 0 Å². The Bertz CT molecular complexity index is 260. The summed E-state index contributed by atoms with van der Waals surface area (Å²) in [6, 6.07) is -0.563. The van der Waals surface area contributed by atoms with Gasteiger partial charge in [-0.3, -0.25) is 14.5 Å². The molecule has 0 aliphatic carbocycles. The van der Waals surface area contributed by atoms with Gasteiger partial charge in [-0.2, -0.15) is 0 Å². The smallest absolute Gasteiger partial charge is 0.320 e. The first-order valence-electron chi connectivity index (χ1n) is 5.69. The molecule has 0 saturated carbocycles. The van der Waals surface area contributed by atoms with Gasteiger partial charge in [0.2, 0.25) is 5.91 Å². The molecule has 0 aromatic rings. The number of likely N-dealkylation sites (N-methyl/N-ethyl adjacent to an activating group) is 1. The Hall–Kier alpha value is -1.10. The lowest BCUT2D eigenvalue weighted by atomic mass is 10.1. The van der Waals surface area contributed by atoms with E-state index in [-0.39, 0.29) is 5.91 Å². The molecule has 92 valence electrons. The van der Waals surface area contributed by atoms with Crippen LogP contribution in [-0.2, 0) is 9.59 Å². The summed E-state index contributed by atoms with van der Waals surface area (Å²) < 4.78 is 0. The summed E-state index contributed by atoms with van der Waals surface area (Å²) >= 11 is 0. The third kappa shape index (κ3) is 3.48. The second kappa shape index (κ2) is 5.84. The van der Waals surface area contributed by atoms with Crippen molar-refractivity contribution in [1.82, 2.24) is 9.80 Å². The van der Waals surface area contributed by atoms with Crippen molar-refractivity contribution in [3.63, 3.8) is 0 Å². The van der Waals surface area contributed by atoms with E-state index in [1.165, 1.54) is 0 Å². The van der Waals surface area contributed by atoms with Crippen molar-refractivity contribution < 1.29 is 14.7 Å². The van der Waals surface area contributed by atoms with E-state index >= 15 is 0 Å². The third-order valence-corrected chi connectivity index (χ3v) is 3.00. The molecule has 1 saturated heterocycles. The quantitative estimate of drug-likeness (QED) is 0.740. The fraction of sp³-hybridized carbons (Fsp3) is 0.818. The molecule has 1 fully saturated rings. The highest BCUT2D eigenvalue weighted by molar-refractivity contribution is 5.78. The van der Waals surface area contributed by atoms with Gasteiger partial charge >= 0.3 is 5.97 Å². The molecule has 0 aromatic heterocycles. The maximum atomic E-state index is 11.7. The Labute approximate surface area is 96.0 Å². The van der Waals surface area contributed by atoms with Crippen molar-refractivity contribution >= 4 is 11.9 Å². The molecule has 16 heavy (non-hydrogen) atoms. The predicted octanol–water partition coefficient (Wildman–Crippen LogP) is 0.404. The van der Waals surface area contributed by atoms with Crippen molar-refractivity contribution in [1.29, 1.82) is 0 Å². The number of aliphatic carboxylic acids is 1. The molecule has 1 N–H and O–H groups in total. The average molecular weight is 228 g/mol. The number of hydrogen-bond acceptors (Lipinski definition) is 3. The fourth-order valence-electron chi connectivity index (χ4n) is 1.99. The van der Waals surface area contributed by atoms with Crippen LogP contribution < -0.4 is 0 Å². The maximum absolute atomic E-state index is 11.7. The Balaban J connectivity index is 2.36. The number of nitrogens with zero attached hydrogens (tertiary/aromatic N) is 2. The summed E-state index contributed by atoms with van der Waals surface area (Å²) in [6.07, 6.45) is 2.86. The van der Waals surface area contributed by atoms with Crippen molar-refractivity contribution in [2.75, 3.05) is 27.2 Å². The Morgan fingerprint density at radius 1 is 1.31 bits per heavy atom. The molecule has 1 aliphatic heterocycles. The Morgan fingerprint density at radius 2 is 1.88 bits per heavy atom. The van der Waals surface area contributed by atoms with E-state index in [4.69, 9.17) is 5.11 Å². The van der Waals surface area contributed by atoms with Crippen LogP contribution in [-0.4, -0.2) is 60.0 Å². The minimum Gasteiger partial charge on any atom is -0.480 e. The van der Waals surface area contributed by atoms with Gasteiger partial charge in [0.05, 0.1) is 0 Å². The van der Waals surface area contributed by atoms with E-state index in [1.54, 1.807) is 19.0 Å². The number of carbonyl (C=O) groups is 2. The summed E-state index contributed by atoms with van der Waals surface area (Å²) in [4.78, 5) is 26.1. The maximum Gasteiger partial charge on any atom is 0.320 e. The molecule has 1 heterocycles. The van der Waals surface area contributed by atoms with Crippen LogP contribution in [0.15, 0.2) is 0 Å². The molecular formula is C11H20N2O3. The number of carboxylic acids is 1. The topological polar surface area (TPSA) is 60.9 Å². The minimum absolute atomic E-state index is 0.0885. The van der Waals surface area contributed by atoms with Gasteiger partial charge in [-0.15, -0.1) is 0 Å². The zero-order valence-corrected chi connectivity index (χ0v) is 9.98. The molecule has 1 rings (SSSR count). The van der Waals surface area contributed by atoms with Gasteiger partial charge in [0.25, 0.3) is 0 Å². The molecule has 0 aromatic carbocycles. The van der Waals surface area contributed by atoms with Crippen molar-refractivity contribution in [3.05, 3.63) is 0 Å². The number of amides is 1. The first-order valence-corrected chi connectivity index (χ1v) is 5.69. The van der Waals surface area contributed by atoms with Gasteiger partial charge in [-0.05, 0) is 33.4 Å². The molecule has 1 aliphatic rings. The molecular weight excluding hydrogens is 208 g/mol. The Morgan fingerprint density at radius 3 is 2.31 bits per heavy atom. The molecule has 5 nitrogen and oxygen atoms in total. The SMILES string of the molecule is CN(C)[C@H](CCC(=O)N1CCCC1)C(=O)O. The predicted molar refractivity (Wildman–Crippen MR) is 60.2 cm³/mol. The van der Waals surface area contributed by atoms with Crippen molar-refractivity contribution in [2.24, 2.45) is 0 Å². The molecule has 1 atom stereocenters. The first-order chi connectivity index (χ1) is 7.52. The normalized spacial score (nSPS) is 17.8. The highest BCUT2D eigenvalue weighted by Gasteiger charge is 2.23. The van der Waals surface area contributed by atoms with Crippen LogP contribution in [0, 0.1) is 0 Å². The van der Waals surface area contributed by atoms with E-state index in [1.807, 2.05) is 4.90 Å². The number of likely N-dealkylation sites (tertiary alicyclic amines) is 1. The number of carboxylic acid groups (broad SMARTS) is 1. The summed E-state index contributed by atoms with van der Waals surface area (Å²) in [6.45, 7) is 1.66. The molecule has 1 amide bonds. The van der Waals surface area contributed by atoms with Crippen LogP contribution in [0.5, 0.6) is 0 Å². The zero-order chi connectivity index (χ0) is 12.1. The van der Waals surface area contributed by atoms with Gasteiger partial charge in [0.1, 0.15) is 6.04 Å². The van der Waals surface area contributed by atoms with Crippen LogP contribution in [0.1, 0.15) is 25.7 Å². The summed E-state index contributed by atoms with van der Waals surface area (Å²) in [7, 11) is 3.44. The van der Waals surface area contributed by atoms with Crippen LogP contribution in [0.2, 0.25) is 0 Å². The molecule has 0 unspecified atom stereocenters. The second-order valence-electron chi connectivity index (χ2n) is 4.44. The van der Waals surface area contributed by atoms with Gasteiger partial charge in [-0.1, -0.05) is 0 Å². The highest BCUT2D eigenvalue weighted by atomic mass is 16.4. The zero-order valence-electron chi connectivity index (χ0n) is 9.98. The molecule has 5 heteroatoms. The van der Waals surface area contributed by atoms with Crippen LogP contribution >= 0.6 is 0 Å². The number of hydrogen-bond donors (Lipinski definition) is 1. The third-order valence-electron chi connectivity index (χ3n) is 3.00. The lowest BCUT2D eigenvalue weighted by Gasteiger charge is -2.21. The molecule has 0 radical (unpaired) electrons. The first kappa shape index (κ1) is 13.0. The lowest BCUT2D eigenvalue weighted by Crippen LogP contribution is -2.37. The van der Waals surface area contributed by atoms with Crippen LogP contribution in [0.3, 0.4) is 0 Å². The summed E-state index contributed by atoms with van der Waals surface area (Å²) in [5.41, 5.74) is 0. The second-order valence-corrected chi connectivity index (χ2v) is 4.44. The van der Waals surface area contributed by atoms with Crippen molar-refractivity contribution in [2.45, 2.75) is 31.7 Å². The fourth-order valence-corrected chi connectivity index (χ4v) is 1.99. The van der Waals surface area contributed by atoms with E-state index < -0.39 is 12.0 Å². The minimum atomic E-state index is -0.862. The Kier molecular flexibility index (Phi) is 4.73. The van der Waals surface area contributed by atoms with Gasteiger partial charge in [0.15, 0.2) is 0 Å². The molecule has 0 spiro atoms. The van der Waals surface area contributed by atoms with Crippen LogP contribution in [0.25, 0.3) is 0 Å². The van der Waals surface area contributed by atoms with E-state index in [9.17, 15) is 9.59 Å². The lowest BCUT2D eigenvalue weighted by molar-refractivity contribution is -0.142. The summed E-state index contributed by atoms with van der Waals surface area (Å²) in [5.74, 6) is -0.773. The largest absolute Gasteiger partial charge is 0.480 e. The van der Waals surface area contributed by atoms with Gasteiger partial charge in [-0.25, -0.2) is 0 Å². The van der Waals surface area contributed by atoms with E-state index in [2.05, 4.69) is 0 Å². The van der Waals surface area contributed by atoms with Gasteiger partial charge < -0.3 is 10.0 Å². The van der Waals surface area contributed by atoms with E-state index in [0.29, 0.717) is 12.8 Å². The standard InChI is InChI=1S/C11H20N2O3/c1-12(2)9(11(15)16)5-6-10(14)13-7-3-4-8-13/h9H,3-8H2,1-2H3,(H,15,16)/t9-/m1/s1. The monoisotopic (exact) mass is 228 g/mol. The number of carbonyl (C=O) groups excluding carboxylic acids is 1. The van der Waals surface area contributed by atoms with E-state index in [0.717, 1.165) is 25.9 Å². The summed E-state index contributed by atoms with van der Waals surface area (Å²) in [5, 5.41) is 8.96. The highest BCUT2D eigenvalue weighted by Crippen LogP contribution is 2.12. The average Bonchev–Trinajstić information content (AvgIpc) is 2.69. The van der Waals surface area contributed by atoms with Gasteiger partial charge in [0, 0.05) is 19.5 Å². The number of rotatable bonds is 5. The van der Waals surface area contributed by atoms with Crippen LogP contribution in [0.4, 0.5) is 0 Å².